The highest BCUT2D eigenvalue weighted by Gasteiger charge is 2.22. The first-order valence-corrected chi connectivity index (χ1v) is 5.51. The van der Waals surface area contributed by atoms with Gasteiger partial charge in [0.2, 0.25) is 5.91 Å². The van der Waals surface area contributed by atoms with Gasteiger partial charge >= 0.3 is 0 Å². The SMILES string of the molecule is O=C1Cc2cc(C(O)C(O)CCO)ccc2N1. The highest BCUT2D eigenvalue weighted by atomic mass is 16.3. The lowest BCUT2D eigenvalue weighted by Gasteiger charge is -2.17. The normalized spacial score (nSPS) is 17.5. The average Bonchev–Trinajstić information content (AvgIpc) is 2.67. The summed E-state index contributed by atoms with van der Waals surface area (Å²) in [6, 6.07) is 5.08. The second-order valence-electron chi connectivity index (χ2n) is 4.17. The van der Waals surface area contributed by atoms with E-state index in [4.69, 9.17) is 5.11 Å². The first kappa shape index (κ1) is 12.0. The summed E-state index contributed by atoms with van der Waals surface area (Å²) in [4.78, 5) is 11.2. The van der Waals surface area contributed by atoms with Crippen LogP contribution in [0.3, 0.4) is 0 Å². The molecule has 92 valence electrons. The summed E-state index contributed by atoms with van der Waals surface area (Å²) < 4.78 is 0. The number of amides is 1. The summed E-state index contributed by atoms with van der Waals surface area (Å²) in [5, 5.41) is 30.8. The topological polar surface area (TPSA) is 89.8 Å². The number of hydrogen-bond donors (Lipinski definition) is 4. The third kappa shape index (κ3) is 2.46. The number of rotatable bonds is 4. The molecule has 0 radical (unpaired) electrons. The molecule has 0 bridgehead atoms. The molecule has 0 aliphatic carbocycles. The Bertz CT molecular complexity index is 433. The third-order valence-electron chi connectivity index (χ3n) is 2.89. The van der Waals surface area contributed by atoms with Crippen LogP contribution in [0.1, 0.15) is 23.7 Å². The lowest BCUT2D eigenvalue weighted by atomic mass is 9.99. The Labute approximate surface area is 98.7 Å². The number of carbonyl (C=O) groups is 1. The first-order valence-electron chi connectivity index (χ1n) is 5.51. The second-order valence-corrected chi connectivity index (χ2v) is 4.17. The zero-order valence-electron chi connectivity index (χ0n) is 9.26. The largest absolute Gasteiger partial charge is 0.396 e. The van der Waals surface area contributed by atoms with E-state index < -0.39 is 12.2 Å². The van der Waals surface area contributed by atoms with Crippen molar-refractivity contribution in [2.75, 3.05) is 11.9 Å². The summed E-state index contributed by atoms with van der Waals surface area (Å²) in [6.07, 6.45) is -1.62. The zero-order chi connectivity index (χ0) is 12.4. The van der Waals surface area contributed by atoms with Crippen LogP contribution in [-0.2, 0) is 11.2 Å². The van der Waals surface area contributed by atoms with Gasteiger partial charge in [0, 0.05) is 12.3 Å². The highest BCUT2D eigenvalue weighted by Crippen LogP contribution is 2.28. The molecule has 1 amide bonds. The molecule has 5 heteroatoms. The Balaban J connectivity index is 2.18. The number of fused-ring (bicyclic) bond motifs is 1. The van der Waals surface area contributed by atoms with Gasteiger partial charge in [0.1, 0.15) is 6.10 Å². The Morgan fingerprint density at radius 2 is 2.12 bits per heavy atom. The standard InChI is InChI=1S/C12H15NO4/c14-4-3-10(15)12(17)7-1-2-9-8(5-7)6-11(16)13-9/h1-2,5,10,12,14-15,17H,3-4,6H2,(H,13,16). The number of anilines is 1. The number of nitrogens with one attached hydrogen (secondary N) is 1. The van der Waals surface area contributed by atoms with E-state index in [1.54, 1.807) is 18.2 Å². The maximum atomic E-state index is 11.2. The number of benzene rings is 1. The van der Waals surface area contributed by atoms with Gasteiger partial charge in [-0.05, 0) is 23.6 Å². The molecule has 0 fully saturated rings. The summed E-state index contributed by atoms with van der Waals surface area (Å²) in [6.45, 7) is -0.177. The Morgan fingerprint density at radius 3 is 2.82 bits per heavy atom. The van der Waals surface area contributed by atoms with Crippen molar-refractivity contribution in [2.24, 2.45) is 0 Å². The quantitative estimate of drug-likeness (QED) is 0.591. The zero-order valence-corrected chi connectivity index (χ0v) is 9.26. The summed E-state index contributed by atoms with van der Waals surface area (Å²) >= 11 is 0. The molecule has 1 aromatic carbocycles. The van der Waals surface area contributed by atoms with Crippen LogP contribution < -0.4 is 5.32 Å². The van der Waals surface area contributed by atoms with Crippen molar-refractivity contribution in [2.45, 2.75) is 25.0 Å². The molecular weight excluding hydrogens is 222 g/mol. The van der Waals surface area contributed by atoms with Crippen LogP contribution in [0.25, 0.3) is 0 Å². The summed E-state index contributed by atoms with van der Waals surface area (Å²) in [7, 11) is 0. The second kappa shape index (κ2) is 4.83. The highest BCUT2D eigenvalue weighted by molar-refractivity contribution is 5.99. The molecule has 0 aromatic heterocycles. The van der Waals surface area contributed by atoms with Gasteiger partial charge in [0.05, 0.1) is 12.5 Å². The van der Waals surface area contributed by atoms with E-state index in [-0.39, 0.29) is 18.9 Å². The molecule has 1 heterocycles. The minimum atomic E-state index is -1.04. The van der Waals surface area contributed by atoms with E-state index in [1.807, 2.05) is 0 Å². The van der Waals surface area contributed by atoms with Crippen molar-refractivity contribution in [1.82, 2.24) is 0 Å². The summed E-state index contributed by atoms with van der Waals surface area (Å²) in [5.74, 6) is -0.0671. The van der Waals surface area contributed by atoms with E-state index in [2.05, 4.69) is 5.32 Å². The van der Waals surface area contributed by atoms with Crippen LogP contribution in [-0.4, -0.2) is 33.9 Å². The van der Waals surface area contributed by atoms with Crippen molar-refractivity contribution >= 4 is 11.6 Å². The van der Waals surface area contributed by atoms with E-state index in [0.29, 0.717) is 12.0 Å². The molecule has 2 rings (SSSR count). The molecule has 0 spiro atoms. The maximum absolute atomic E-state index is 11.2. The van der Waals surface area contributed by atoms with Gasteiger partial charge in [-0.15, -0.1) is 0 Å². The van der Waals surface area contributed by atoms with Crippen LogP contribution in [0.4, 0.5) is 5.69 Å². The molecule has 4 N–H and O–H groups in total. The van der Waals surface area contributed by atoms with Gasteiger partial charge in [0.15, 0.2) is 0 Å². The van der Waals surface area contributed by atoms with E-state index in [1.165, 1.54) is 0 Å². The number of aliphatic hydroxyl groups excluding tert-OH is 3. The van der Waals surface area contributed by atoms with Crippen molar-refractivity contribution in [3.05, 3.63) is 29.3 Å². The van der Waals surface area contributed by atoms with Gasteiger partial charge in [-0.1, -0.05) is 12.1 Å². The van der Waals surface area contributed by atoms with Crippen molar-refractivity contribution < 1.29 is 20.1 Å². The molecule has 17 heavy (non-hydrogen) atoms. The molecule has 2 atom stereocenters. The number of aliphatic hydroxyl groups is 3. The van der Waals surface area contributed by atoms with Gasteiger partial charge < -0.3 is 20.6 Å². The first-order chi connectivity index (χ1) is 8.11. The molecule has 2 unspecified atom stereocenters. The van der Waals surface area contributed by atoms with Crippen molar-refractivity contribution in [3.63, 3.8) is 0 Å². The Hall–Kier alpha value is -1.43. The van der Waals surface area contributed by atoms with Gasteiger partial charge in [-0.2, -0.15) is 0 Å². The Morgan fingerprint density at radius 1 is 1.35 bits per heavy atom. The van der Waals surface area contributed by atoms with Gasteiger partial charge in [0.25, 0.3) is 0 Å². The molecule has 1 aromatic rings. The Kier molecular flexibility index (Phi) is 3.42. The van der Waals surface area contributed by atoms with Gasteiger partial charge in [-0.25, -0.2) is 0 Å². The lowest BCUT2D eigenvalue weighted by Crippen LogP contribution is -2.19. The van der Waals surface area contributed by atoms with Crippen LogP contribution in [0.2, 0.25) is 0 Å². The minimum Gasteiger partial charge on any atom is -0.396 e. The fourth-order valence-corrected chi connectivity index (χ4v) is 1.95. The van der Waals surface area contributed by atoms with Crippen molar-refractivity contribution in [3.8, 4) is 0 Å². The number of carbonyl (C=O) groups excluding carboxylic acids is 1. The average molecular weight is 237 g/mol. The van der Waals surface area contributed by atoms with Gasteiger partial charge in [-0.3, -0.25) is 4.79 Å². The summed E-state index contributed by atoms with van der Waals surface area (Å²) in [5.41, 5.74) is 2.13. The van der Waals surface area contributed by atoms with Crippen LogP contribution in [0, 0.1) is 0 Å². The van der Waals surface area contributed by atoms with E-state index in [9.17, 15) is 15.0 Å². The molecule has 1 aliphatic rings. The van der Waals surface area contributed by atoms with E-state index >= 15 is 0 Å². The predicted octanol–water partition coefficient (Wildman–Crippen LogP) is -0.0421. The molecule has 5 nitrogen and oxygen atoms in total. The van der Waals surface area contributed by atoms with Crippen LogP contribution in [0.5, 0.6) is 0 Å². The minimum absolute atomic E-state index is 0.0671. The number of hydrogen-bond acceptors (Lipinski definition) is 4. The smallest absolute Gasteiger partial charge is 0.228 e. The fourth-order valence-electron chi connectivity index (χ4n) is 1.95. The molecule has 0 saturated heterocycles. The lowest BCUT2D eigenvalue weighted by molar-refractivity contribution is -0.115. The third-order valence-corrected chi connectivity index (χ3v) is 2.89. The monoisotopic (exact) mass is 237 g/mol. The maximum Gasteiger partial charge on any atom is 0.228 e. The fraction of sp³-hybridized carbons (Fsp3) is 0.417. The molecular formula is C12H15NO4. The molecule has 0 saturated carbocycles. The predicted molar refractivity (Wildman–Crippen MR) is 61.4 cm³/mol. The van der Waals surface area contributed by atoms with Crippen LogP contribution >= 0.6 is 0 Å². The van der Waals surface area contributed by atoms with E-state index in [0.717, 1.165) is 11.3 Å². The van der Waals surface area contributed by atoms with Crippen molar-refractivity contribution in [1.29, 1.82) is 0 Å². The molecule has 1 aliphatic heterocycles. The van der Waals surface area contributed by atoms with Crippen LogP contribution in [0.15, 0.2) is 18.2 Å².